The van der Waals surface area contributed by atoms with Crippen LogP contribution in [0.1, 0.15) is 82.7 Å². The van der Waals surface area contributed by atoms with Crippen LogP contribution < -0.4 is 5.73 Å². The largest absolute Gasteiger partial charge is 0.383 e. The van der Waals surface area contributed by atoms with E-state index in [1.165, 1.54) is 69.8 Å². The number of nitrogen functional groups attached to an aromatic ring is 1. The molecule has 0 saturated heterocycles. The van der Waals surface area contributed by atoms with Crippen LogP contribution in [0.25, 0.3) is 0 Å². The Morgan fingerprint density at radius 1 is 1.00 bits per heavy atom. The van der Waals surface area contributed by atoms with E-state index in [1.54, 1.807) is 6.20 Å². The predicted molar refractivity (Wildman–Crippen MR) is 92.6 cm³/mol. The van der Waals surface area contributed by atoms with Crippen molar-refractivity contribution >= 4 is 5.82 Å². The Balaban J connectivity index is 1.84. The van der Waals surface area contributed by atoms with Gasteiger partial charge >= 0.3 is 0 Å². The highest BCUT2D eigenvalue weighted by Crippen LogP contribution is 2.37. The average Bonchev–Trinajstić information content (AvgIpc) is 2.57. The van der Waals surface area contributed by atoms with Crippen molar-refractivity contribution in [1.82, 2.24) is 9.88 Å². The quantitative estimate of drug-likeness (QED) is 0.877. The highest BCUT2D eigenvalue weighted by Gasteiger charge is 2.33. The Kier molecular flexibility index (Phi) is 5.35. The summed E-state index contributed by atoms with van der Waals surface area (Å²) in [7, 11) is 0. The lowest BCUT2D eigenvalue weighted by atomic mass is 9.86. The molecule has 0 amide bonds. The Labute approximate surface area is 135 Å². The minimum atomic E-state index is 0.389. The molecule has 3 rings (SSSR count). The molecule has 2 aliphatic carbocycles. The molecule has 1 aromatic rings. The summed E-state index contributed by atoms with van der Waals surface area (Å²) >= 11 is 0. The number of nitrogens with zero attached hydrogens (tertiary/aromatic N) is 2. The molecule has 122 valence electrons. The number of pyridine rings is 1. The molecule has 1 atom stereocenters. The summed E-state index contributed by atoms with van der Waals surface area (Å²) in [5.41, 5.74) is 7.40. The van der Waals surface area contributed by atoms with E-state index in [9.17, 15) is 0 Å². The summed E-state index contributed by atoms with van der Waals surface area (Å²) in [5.74, 6) is 0.714. The molecule has 2 aliphatic rings. The number of aromatic nitrogens is 1. The Morgan fingerprint density at radius 2 is 1.55 bits per heavy atom. The molecule has 3 nitrogen and oxygen atoms in total. The van der Waals surface area contributed by atoms with E-state index < -0.39 is 0 Å². The first-order valence-electron chi connectivity index (χ1n) is 9.25. The smallest absolute Gasteiger partial charge is 0.128 e. The van der Waals surface area contributed by atoms with Crippen LogP contribution in [-0.4, -0.2) is 22.0 Å². The van der Waals surface area contributed by atoms with Gasteiger partial charge in [0, 0.05) is 29.9 Å². The van der Waals surface area contributed by atoms with Crippen molar-refractivity contribution in [3.05, 3.63) is 23.9 Å². The fourth-order valence-electron chi connectivity index (χ4n) is 4.63. The molecule has 3 heteroatoms. The Morgan fingerprint density at radius 3 is 2.05 bits per heavy atom. The van der Waals surface area contributed by atoms with Gasteiger partial charge in [-0.15, -0.1) is 0 Å². The van der Waals surface area contributed by atoms with Gasteiger partial charge in [0.15, 0.2) is 0 Å². The van der Waals surface area contributed by atoms with Crippen molar-refractivity contribution in [2.75, 3.05) is 5.73 Å². The van der Waals surface area contributed by atoms with Gasteiger partial charge in [0.25, 0.3) is 0 Å². The van der Waals surface area contributed by atoms with Gasteiger partial charge < -0.3 is 5.73 Å². The second-order valence-electron chi connectivity index (χ2n) is 7.18. The van der Waals surface area contributed by atoms with Gasteiger partial charge in [-0.2, -0.15) is 0 Å². The van der Waals surface area contributed by atoms with Crippen molar-refractivity contribution in [2.45, 2.75) is 89.3 Å². The van der Waals surface area contributed by atoms with E-state index in [2.05, 4.69) is 22.9 Å². The Bertz CT molecular complexity index is 444. The van der Waals surface area contributed by atoms with Crippen LogP contribution in [0.4, 0.5) is 5.82 Å². The van der Waals surface area contributed by atoms with Crippen LogP contribution in [0, 0.1) is 0 Å². The lowest BCUT2D eigenvalue weighted by molar-refractivity contribution is 0.0438. The number of hydrogen-bond donors (Lipinski definition) is 1. The molecule has 2 saturated carbocycles. The summed E-state index contributed by atoms with van der Waals surface area (Å²) in [6.45, 7) is 2.34. The molecule has 22 heavy (non-hydrogen) atoms. The van der Waals surface area contributed by atoms with Gasteiger partial charge in [-0.3, -0.25) is 4.90 Å². The van der Waals surface area contributed by atoms with E-state index >= 15 is 0 Å². The van der Waals surface area contributed by atoms with E-state index in [4.69, 9.17) is 5.73 Å². The summed E-state index contributed by atoms with van der Waals surface area (Å²) in [6, 6.07) is 6.08. The highest BCUT2D eigenvalue weighted by molar-refractivity contribution is 5.40. The van der Waals surface area contributed by atoms with E-state index in [0.29, 0.717) is 11.9 Å². The van der Waals surface area contributed by atoms with Gasteiger partial charge in [0.05, 0.1) is 0 Å². The molecule has 0 radical (unpaired) electrons. The summed E-state index contributed by atoms with van der Waals surface area (Å²) in [6.07, 6.45) is 15.6. The second kappa shape index (κ2) is 7.45. The first kappa shape index (κ1) is 15.8. The SMILES string of the molecule is CC(c1cccnc1N)N(C1CCCCC1)C1CCCCC1. The molecule has 1 unspecified atom stereocenters. The van der Waals surface area contributed by atoms with Crippen molar-refractivity contribution < 1.29 is 0 Å². The zero-order valence-corrected chi connectivity index (χ0v) is 14.0. The molecule has 0 bridgehead atoms. The third kappa shape index (κ3) is 3.45. The minimum Gasteiger partial charge on any atom is -0.383 e. The molecule has 1 heterocycles. The zero-order chi connectivity index (χ0) is 15.4. The highest BCUT2D eigenvalue weighted by atomic mass is 15.2. The Hall–Kier alpha value is -1.09. The molecular formula is C19H31N3. The van der Waals surface area contributed by atoms with Crippen LogP contribution >= 0.6 is 0 Å². The van der Waals surface area contributed by atoms with Crippen molar-refractivity contribution in [3.63, 3.8) is 0 Å². The maximum atomic E-state index is 6.18. The van der Waals surface area contributed by atoms with Crippen LogP contribution in [0.2, 0.25) is 0 Å². The second-order valence-corrected chi connectivity index (χ2v) is 7.18. The van der Waals surface area contributed by atoms with Crippen LogP contribution in [0.3, 0.4) is 0 Å². The van der Waals surface area contributed by atoms with Crippen molar-refractivity contribution in [3.8, 4) is 0 Å². The first-order valence-corrected chi connectivity index (χ1v) is 9.25. The fourth-order valence-corrected chi connectivity index (χ4v) is 4.63. The normalized spacial score (nSPS) is 22.8. The van der Waals surface area contributed by atoms with Gasteiger partial charge in [-0.1, -0.05) is 44.6 Å². The molecule has 0 spiro atoms. The standard InChI is InChI=1S/C19H31N3/c1-15(18-13-8-14-21-19(18)20)22(16-9-4-2-5-10-16)17-11-6-3-7-12-17/h8,13-17H,2-7,9-12H2,1H3,(H2,20,21). The minimum absolute atomic E-state index is 0.389. The third-order valence-electron chi connectivity index (χ3n) is 5.76. The van der Waals surface area contributed by atoms with E-state index in [-0.39, 0.29) is 0 Å². The lowest BCUT2D eigenvalue weighted by Gasteiger charge is -2.45. The van der Waals surface area contributed by atoms with Crippen LogP contribution in [0.5, 0.6) is 0 Å². The zero-order valence-electron chi connectivity index (χ0n) is 14.0. The lowest BCUT2D eigenvalue weighted by Crippen LogP contribution is -2.46. The summed E-state index contributed by atoms with van der Waals surface area (Å²) < 4.78 is 0. The number of nitrogens with two attached hydrogens (primary N) is 1. The van der Waals surface area contributed by atoms with Crippen LogP contribution in [0.15, 0.2) is 18.3 Å². The van der Waals surface area contributed by atoms with Crippen molar-refractivity contribution in [2.24, 2.45) is 0 Å². The first-order chi connectivity index (χ1) is 10.8. The predicted octanol–water partition coefficient (Wildman–Crippen LogP) is 4.69. The molecule has 1 aromatic heterocycles. The van der Waals surface area contributed by atoms with Gasteiger partial charge in [0.2, 0.25) is 0 Å². The van der Waals surface area contributed by atoms with E-state index in [0.717, 1.165) is 12.1 Å². The topological polar surface area (TPSA) is 42.1 Å². The monoisotopic (exact) mass is 301 g/mol. The fraction of sp³-hybridized carbons (Fsp3) is 0.737. The van der Waals surface area contributed by atoms with E-state index in [1.807, 2.05) is 6.07 Å². The summed E-state index contributed by atoms with van der Waals surface area (Å²) in [4.78, 5) is 7.15. The van der Waals surface area contributed by atoms with Gasteiger partial charge in [0.1, 0.15) is 5.82 Å². The maximum absolute atomic E-state index is 6.18. The molecular weight excluding hydrogens is 270 g/mol. The van der Waals surface area contributed by atoms with Gasteiger partial charge in [-0.25, -0.2) is 4.98 Å². The van der Waals surface area contributed by atoms with Gasteiger partial charge in [-0.05, 0) is 38.7 Å². The molecule has 0 aliphatic heterocycles. The number of rotatable bonds is 4. The molecule has 2 fully saturated rings. The molecule has 2 N–H and O–H groups in total. The van der Waals surface area contributed by atoms with Crippen LogP contribution in [-0.2, 0) is 0 Å². The molecule has 0 aromatic carbocycles. The third-order valence-corrected chi connectivity index (χ3v) is 5.76. The van der Waals surface area contributed by atoms with Crippen molar-refractivity contribution in [1.29, 1.82) is 0 Å². The summed E-state index contributed by atoms with van der Waals surface area (Å²) in [5, 5.41) is 0. The maximum Gasteiger partial charge on any atom is 0.128 e. The average molecular weight is 301 g/mol. The number of anilines is 1. The number of hydrogen-bond acceptors (Lipinski definition) is 3.